The second-order valence-corrected chi connectivity index (χ2v) is 4.72. The number of carbonyl (C=O) groups is 1. The molecule has 0 saturated carbocycles. The van der Waals surface area contributed by atoms with Gasteiger partial charge in [0, 0.05) is 5.56 Å². The average Bonchev–Trinajstić information content (AvgIpc) is 2.54. The molecule has 0 unspecified atom stereocenters. The highest BCUT2D eigenvalue weighted by atomic mass is 19.3. The zero-order valence-electron chi connectivity index (χ0n) is 12.2. The molecule has 2 aromatic rings. The van der Waals surface area contributed by atoms with Gasteiger partial charge in [-0.15, -0.1) is 0 Å². The van der Waals surface area contributed by atoms with Crippen LogP contribution in [0.3, 0.4) is 0 Å². The molecule has 0 radical (unpaired) electrons. The molecule has 0 N–H and O–H groups in total. The van der Waals surface area contributed by atoms with Crippen LogP contribution in [-0.2, 0) is 0 Å². The molecule has 2 rings (SSSR count). The topological polar surface area (TPSA) is 26.3 Å². The monoisotopic (exact) mass is 318 g/mol. The van der Waals surface area contributed by atoms with Crippen LogP contribution in [-0.4, -0.2) is 5.78 Å². The Morgan fingerprint density at radius 1 is 0.870 bits per heavy atom. The van der Waals surface area contributed by atoms with Gasteiger partial charge in [0.25, 0.3) is 0 Å². The van der Waals surface area contributed by atoms with Gasteiger partial charge in [-0.3, -0.25) is 4.79 Å². The lowest BCUT2D eigenvalue weighted by Gasteiger charge is -2.02. The van der Waals surface area contributed by atoms with Crippen LogP contribution in [0.1, 0.15) is 28.4 Å². The van der Waals surface area contributed by atoms with Gasteiger partial charge in [-0.05, 0) is 30.2 Å². The third kappa shape index (κ3) is 4.85. The number of hydrogen-bond acceptors (Lipinski definition) is 2. The van der Waals surface area contributed by atoms with E-state index in [-0.39, 0.29) is 11.5 Å². The quantitative estimate of drug-likeness (QED) is 0.415. The van der Waals surface area contributed by atoms with E-state index < -0.39 is 12.1 Å². The summed E-state index contributed by atoms with van der Waals surface area (Å²) in [5.41, 5.74) is 2.33. The fraction of sp³-hybridized carbons (Fsp3) is 0.0556. The summed E-state index contributed by atoms with van der Waals surface area (Å²) in [6.45, 7) is 1.50. The van der Waals surface area contributed by atoms with Gasteiger partial charge in [-0.1, -0.05) is 48.6 Å². The first-order chi connectivity index (χ1) is 11.0. The fourth-order valence-corrected chi connectivity index (χ4v) is 1.81. The lowest BCUT2D eigenvalue weighted by Crippen LogP contribution is -1.90. The number of rotatable bonds is 5. The second-order valence-electron chi connectivity index (χ2n) is 4.72. The summed E-state index contributed by atoms with van der Waals surface area (Å²) in [6.07, 6.45) is 1.14. The Balaban J connectivity index is 2.05. The number of hydrogen-bond donors (Lipinski definition) is 0. The maximum atomic E-state index is 12.6. The van der Waals surface area contributed by atoms with Crippen LogP contribution in [0.25, 0.3) is 12.2 Å². The summed E-state index contributed by atoms with van der Waals surface area (Å²) < 4.78 is 40.8. The third-order valence-electron chi connectivity index (χ3n) is 3.02. The van der Waals surface area contributed by atoms with Gasteiger partial charge in [0.1, 0.15) is 5.75 Å². The van der Waals surface area contributed by atoms with Crippen molar-refractivity contribution in [3.8, 4) is 5.75 Å². The molecule has 118 valence electrons. The van der Waals surface area contributed by atoms with Crippen LogP contribution >= 0.6 is 0 Å². The lowest BCUT2D eigenvalue weighted by atomic mass is 10.1. The molecule has 0 spiro atoms. The first kappa shape index (κ1) is 16.5. The van der Waals surface area contributed by atoms with E-state index in [0.717, 1.165) is 11.1 Å². The number of benzene rings is 2. The van der Waals surface area contributed by atoms with E-state index in [1.54, 1.807) is 30.3 Å². The van der Waals surface area contributed by atoms with Crippen molar-refractivity contribution >= 4 is 17.9 Å². The highest BCUT2D eigenvalue weighted by Crippen LogP contribution is 2.20. The highest BCUT2D eigenvalue weighted by molar-refractivity contribution is 5.94. The van der Waals surface area contributed by atoms with Crippen molar-refractivity contribution in [2.45, 2.75) is 6.92 Å². The molecule has 0 aliphatic rings. The van der Waals surface area contributed by atoms with E-state index in [2.05, 4.69) is 4.74 Å². The van der Waals surface area contributed by atoms with Crippen LogP contribution in [0.2, 0.25) is 0 Å². The summed E-state index contributed by atoms with van der Waals surface area (Å²) in [5, 5.41) is 0. The van der Waals surface area contributed by atoms with Gasteiger partial charge in [0.15, 0.2) is 5.78 Å². The molecule has 0 heterocycles. The Morgan fingerprint density at radius 2 is 1.35 bits per heavy atom. The molecule has 0 aliphatic heterocycles. The van der Waals surface area contributed by atoms with Crippen molar-refractivity contribution in [3.05, 3.63) is 77.3 Å². The van der Waals surface area contributed by atoms with Crippen LogP contribution in [0.4, 0.5) is 13.2 Å². The number of ketones is 1. The standard InChI is InChI=1S/C18H13F3O2/c1-12(22)15-8-4-13(5-9-15)2-3-14-6-10-16(11-7-14)23-18(21)17(19)20/h2-11H,1H3/b3-2+. The summed E-state index contributed by atoms with van der Waals surface area (Å²) in [6, 6.07) is 11.2. The largest absolute Gasteiger partial charge is 0.428 e. The Morgan fingerprint density at radius 3 is 1.78 bits per heavy atom. The predicted octanol–water partition coefficient (Wildman–Crippen LogP) is 5.47. The maximum absolute atomic E-state index is 12.6. The molecular formula is C18H13F3O2. The van der Waals surface area contributed by atoms with Gasteiger partial charge >= 0.3 is 12.1 Å². The molecule has 23 heavy (non-hydrogen) atoms. The molecule has 0 bridgehead atoms. The van der Waals surface area contributed by atoms with Crippen LogP contribution < -0.4 is 4.74 Å². The summed E-state index contributed by atoms with van der Waals surface area (Å²) in [7, 11) is 0. The molecule has 0 aliphatic carbocycles. The van der Waals surface area contributed by atoms with Gasteiger partial charge in [0.2, 0.25) is 0 Å². The molecule has 2 aromatic carbocycles. The lowest BCUT2D eigenvalue weighted by molar-refractivity contribution is 0.101. The molecule has 0 aromatic heterocycles. The van der Waals surface area contributed by atoms with Crippen molar-refractivity contribution in [2.24, 2.45) is 0 Å². The second kappa shape index (κ2) is 7.45. The van der Waals surface area contributed by atoms with Gasteiger partial charge in [-0.2, -0.15) is 13.2 Å². The smallest absolute Gasteiger partial charge is 0.344 e. The normalized spacial score (nSPS) is 10.6. The number of Topliss-reactive ketones (excluding diaryl/α,β-unsaturated/α-hetero) is 1. The Bertz CT molecular complexity index is 741. The zero-order chi connectivity index (χ0) is 16.8. The van der Waals surface area contributed by atoms with E-state index in [1.165, 1.54) is 19.1 Å². The Labute approximate surface area is 131 Å². The van der Waals surface area contributed by atoms with Crippen LogP contribution in [0.5, 0.6) is 5.75 Å². The Kier molecular flexibility index (Phi) is 5.36. The number of ether oxygens (including phenoxy) is 1. The minimum absolute atomic E-state index is 0.00196. The summed E-state index contributed by atoms with van der Waals surface area (Å²) in [4.78, 5) is 11.2. The van der Waals surface area contributed by atoms with Crippen LogP contribution in [0.15, 0.2) is 60.6 Å². The third-order valence-corrected chi connectivity index (χ3v) is 3.02. The molecule has 0 saturated heterocycles. The zero-order valence-corrected chi connectivity index (χ0v) is 12.2. The minimum Gasteiger partial charge on any atom is -0.428 e. The molecule has 2 nitrogen and oxygen atoms in total. The van der Waals surface area contributed by atoms with E-state index in [1.807, 2.05) is 18.2 Å². The molecule has 5 heteroatoms. The molecule has 0 fully saturated rings. The van der Waals surface area contributed by atoms with Crippen molar-refractivity contribution in [3.63, 3.8) is 0 Å². The van der Waals surface area contributed by atoms with Crippen molar-refractivity contribution in [1.29, 1.82) is 0 Å². The minimum atomic E-state index is -2.50. The van der Waals surface area contributed by atoms with Gasteiger partial charge < -0.3 is 4.74 Å². The van der Waals surface area contributed by atoms with E-state index >= 15 is 0 Å². The summed E-state index contributed by atoms with van der Waals surface area (Å²) >= 11 is 0. The van der Waals surface area contributed by atoms with Gasteiger partial charge in [-0.25, -0.2) is 0 Å². The maximum Gasteiger partial charge on any atom is 0.344 e. The van der Waals surface area contributed by atoms with E-state index in [4.69, 9.17) is 0 Å². The van der Waals surface area contributed by atoms with Gasteiger partial charge in [0.05, 0.1) is 0 Å². The summed E-state index contributed by atoms with van der Waals surface area (Å²) in [5.74, 6) is -0.0135. The first-order valence-electron chi connectivity index (χ1n) is 6.73. The predicted molar refractivity (Wildman–Crippen MR) is 82.8 cm³/mol. The number of halogens is 3. The SMILES string of the molecule is CC(=O)c1ccc(/C=C/c2ccc(OC(F)=C(F)F)cc2)cc1. The Hall–Kier alpha value is -2.82. The van der Waals surface area contributed by atoms with Crippen molar-refractivity contribution in [2.75, 3.05) is 0 Å². The number of carbonyl (C=O) groups excluding carboxylic acids is 1. The molecular weight excluding hydrogens is 305 g/mol. The highest BCUT2D eigenvalue weighted by Gasteiger charge is 2.07. The molecule has 0 atom stereocenters. The van der Waals surface area contributed by atoms with Crippen molar-refractivity contribution in [1.82, 2.24) is 0 Å². The van der Waals surface area contributed by atoms with Crippen molar-refractivity contribution < 1.29 is 22.7 Å². The first-order valence-corrected chi connectivity index (χ1v) is 6.73. The molecule has 0 amide bonds. The van der Waals surface area contributed by atoms with E-state index in [0.29, 0.717) is 5.56 Å². The van der Waals surface area contributed by atoms with E-state index in [9.17, 15) is 18.0 Å². The van der Waals surface area contributed by atoms with Crippen LogP contribution in [0, 0.1) is 0 Å². The average molecular weight is 318 g/mol. The fourth-order valence-electron chi connectivity index (χ4n) is 1.81.